The molecule has 0 heterocycles. The van der Waals surface area contributed by atoms with Gasteiger partial charge in [0.1, 0.15) is 5.82 Å². The molecule has 0 bridgehead atoms. The average Bonchev–Trinajstić information content (AvgIpc) is 2.37. The smallest absolute Gasteiger partial charge is 0.167 e. The third-order valence-corrected chi connectivity index (χ3v) is 3.43. The third-order valence-electron chi connectivity index (χ3n) is 2.72. The van der Waals surface area contributed by atoms with Crippen LogP contribution in [0.4, 0.5) is 10.1 Å². The summed E-state index contributed by atoms with van der Waals surface area (Å²) in [6, 6.07) is 8.95. The van der Waals surface area contributed by atoms with Gasteiger partial charge in [-0.15, -0.1) is 0 Å². The van der Waals surface area contributed by atoms with Gasteiger partial charge in [0.25, 0.3) is 0 Å². The molecule has 0 saturated carbocycles. The maximum atomic E-state index is 13.3. The van der Waals surface area contributed by atoms with Crippen molar-refractivity contribution >= 4 is 34.7 Å². The first-order valence-electron chi connectivity index (χ1n) is 5.50. The minimum Gasteiger partial charge on any atom is -0.396 e. The Morgan fingerprint density at radius 1 is 1.16 bits per heavy atom. The summed E-state index contributed by atoms with van der Waals surface area (Å²) < 4.78 is 13.3. The number of carbonyl (C=O) groups excluding carboxylic acids is 1. The Labute approximate surface area is 119 Å². The van der Waals surface area contributed by atoms with Gasteiger partial charge in [-0.2, -0.15) is 0 Å². The zero-order valence-corrected chi connectivity index (χ0v) is 11.3. The Bertz CT molecular complexity index is 623. The van der Waals surface area contributed by atoms with Gasteiger partial charge in [0.2, 0.25) is 0 Å². The molecule has 0 aliphatic heterocycles. The molecule has 0 aromatic heterocycles. The maximum absolute atomic E-state index is 13.3. The highest BCUT2D eigenvalue weighted by Crippen LogP contribution is 2.26. The highest BCUT2D eigenvalue weighted by Gasteiger charge is 2.13. The molecule has 2 aromatic carbocycles. The summed E-state index contributed by atoms with van der Waals surface area (Å²) in [5, 5.41) is 0.827. The van der Waals surface area contributed by atoms with Crippen molar-refractivity contribution in [2.75, 3.05) is 5.73 Å². The Morgan fingerprint density at radius 3 is 2.37 bits per heavy atom. The molecule has 2 N–H and O–H groups in total. The van der Waals surface area contributed by atoms with Gasteiger partial charge in [-0.1, -0.05) is 29.3 Å². The van der Waals surface area contributed by atoms with Gasteiger partial charge in [-0.25, -0.2) is 4.39 Å². The molecule has 0 unspecified atom stereocenters. The lowest BCUT2D eigenvalue weighted by atomic mass is 10.0. The monoisotopic (exact) mass is 297 g/mol. The van der Waals surface area contributed by atoms with Gasteiger partial charge in [-0.3, -0.25) is 4.79 Å². The lowest BCUT2D eigenvalue weighted by molar-refractivity contribution is 0.0992. The van der Waals surface area contributed by atoms with Crippen molar-refractivity contribution in [2.24, 2.45) is 0 Å². The van der Waals surface area contributed by atoms with E-state index in [0.717, 1.165) is 6.07 Å². The van der Waals surface area contributed by atoms with Crippen LogP contribution in [0.15, 0.2) is 36.4 Å². The summed E-state index contributed by atoms with van der Waals surface area (Å²) in [5.41, 5.74) is 6.14. The van der Waals surface area contributed by atoms with Crippen molar-refractivity contribution in [3.63, 3.8) is 0 Å². The van der Waals surface area contributed by atoms with Crippen LogP contribution in [0.1, 0.15) is 15.9 Å². The summed E-state index contributed by atoms with van der Waals surface area (Å²) >= 11 is 12.0. The topological polar surface area (TPSA) is 43.1 Å². The molecule has 0 saturated heterocycles. The van der Waals surface area contributed by atoms with Gasteiger partial charge in [0, 0.05) is 22.0 Å². The van der Waals surface area contributed by atoms with Crippen molar-refractivity contribution in [1.82, 2.24) is 0 Å². The van der Waals surface area contributed by atoms with Crippen LogP contribution in [0.25, 0.3) is 0 Å². The van der Waals surface area contributed by atoms with E-state index in [1.807, 2.05) is 0 Å². The first-order chi connectivity index (χ1) is 8.99. The van der Waals surface area contributed by atoms with E-state index >= 15 is 0 Å². The normalized spacial score (nSPS) is 10.5. The predicted molar refractivity (Wildman–Crippen MR) is 75.3 cm³/mol. The SMILES string of the molecule is Nc1ccc(C(=O)Cc2c(Cl)cccc2Cl)cc1F. The Hall–Kier alpha value is -1.58. The number of anilines is 1. The second-order valence-electron chi connectivity index (χ2n) is 4.04. The lowest BCUT2D eigenvalue weighted by Gasteiger charge is -2.07. The number of hydrogen-bond acceptors (Lipinski definition) is 2. The number of nitrogens with two attached hydrogens (primary N) is 1. The molecule has 0 fully saturated rings. The molecule has 5 heteroatoms. The number of ketones is 1. The molecule has 2 rings (SSSR count). The van der Waals surface area contributed by atoms with Crippen LogP contribution in [0.5, 0.6) is 0 Å². The van der Waals surface area contributed by atoms with Gasteiger partial charge < -0.3 is 5.73 Å². The highest BCUT2D eigenvalue weighted by atomic mass is 35.5. The van der Waals surface area contributed by atoms with Gasteiger partial charge >= 0.3 is 0 Å². The van der Waals surface area contributed by atoms with Crippen LogP contribution >= 0.6 is 23.2 Å². The third kappa shape index (κ3) is 3.06. The van der Waals surface area contributed by atoms with Crippen LogP contribution < -0.4 is 5.73 Å². The summed E-state index contributed by atoms with van der Waals surface area (Å²) in [4.78, 5) is 12.1. The molecule has 0 aliphatic rings. The minimum absolute atomic E-state index is 0.00678. The number of nitrogen functional groups attached to an aromatic ring is 1. The number of rotatable bonds is 3. The number of halogens is 3. The molecule has 98 valence electrons. The number of carbonyl (C=O) groups is 1. The van der Waals surface area contributed by atoms with Crippen molar-refractivity contribution in [1.29, 1.82) is 0 Å². The Morgan fingerprint density at radius 2 is 1.79 bits per heavy atom. The molecule has 0 radical (unpaired) electrons. The lowest BCUT2D eigenvalue weighted by Crippen LogP contribution is -2.06. The average molecular weight is 298 g/mol. The van der Waals surface area contributed by atoms with Gasteiger partial charge in [-0.05, 0) is 35.9 Å². The van der Waals surface area contributed by atoms with Crippen LogP contribution in [0.2, 0.25) is 10.0 Å². The first kappa shape index (κ1) is 13.8. The van der Waals surface area contributed by atoms with E-state index in [-0.39, 0.29) is 23.5 Å². The minimum atomic E-state index is -0.615. The molecule has 2 nitrogen and oxygen atoms in total. The predicted octanol–water partition coefficient (Wildman–Crippen LogP) is 4.14. The molecular weight excluding hydrogens is 288 g/mol. The fraction of sp³-hybridized carbons (Fsp3) is 0.0714. The fourth-order valence-corrected chi connectivity index (χ4v) is 2.20. The molecule has 2 aromatic rings. The highest BCUT2D eigenvalue weighted by molar-refractivity contribution is 6.36. The molecule has 0 spiro atoms. The standard InChI is InChI=1S/C14H10Cl2FNO/c15-10-2-1-3-11(16)9(10)7-14(19)8-4-5-13(18)12(17)6-8/h1-6H,7,18H2. The van der Waals surface area contributed by atoms with Crippen LogP contribution in [-0.2, 0) is 6.42 Å². The molecule has 0 aliphatic carbocycles. The summed E-state index contributed by atoms with van der Waals surface area (Å²) in [7, 11) is 0. The van der Waals surface area contributed by atoms with E-state index in [1.54, 1.807) is 18.2 Å². The summed E-state index contributed by atoms with van der Waals surface area (Å²) in [6.45, 7) is 0. The van der Waals surface area contributed by atoms with Gasteiger partial charge in [0.15, 0.2) is 5.78 Å². The molecule has 0 atom stereocenters. The van der Waals surface area contributed by atoms with Crippen LogP contribution in [-0.4, -0.2) is 5.78 Å². The number of benzene rings is 2. The van der Waals surface area contributed by atoms with E-state index < -0.39 is 5.82 Å². The van der Waals surface area contributed by atoms with E-state index in [0.29, 0.717) is 15.6 Å². The summed E-state index contributed by atoms with van der Waals surface area (Å²) in [6.07, 6.45) is 0.0157. The fourth-order valence-electron chi connectivity index (χ4n) is 1.66. The van der Waals surface area contributed by atoms with Crippen LogP contribution in [0.3, 0.4) is 0 Å². The van der Waals surface area contributed by atoms with Crippen molar-refractivity contribution in [3.05, 3.63) is 63.4 Å². The zero-order chi connectivity index (χ0) is 14.0. The van der Waals surface area contributed by atoms with Crippen LogP contribution in [0, 0.1) is 5.82 Å². The first-order valence-corrected chi connectivity index (χ1v) is 6.25. The zero-order valence-electron chi connectivity index (χ0n) is 9.79. The maximum Gasteiger partial charge on any atom is 0.167 e. The molecular formula is C14H10Cl2FNO. The van der Waals surface area contributed by atoms with E-state index in [4.69, 9.17) is 28.9 Å². The summed E-state index contributed by atoms with van der Waals surface area (Å²) in [5.74, 6) is -0.884. The number of hydrogen-bond donors (Lipinski definition) is 1. The van der Waals surface area contributed by atoms with Crippen molar-refractivity contribution < 1.29 is 9.18 Å². The van der Waals surface area contributed by atoms with E-state index in [1.165, 1.54) is 12.1 Å². The Balaban J connectivity index is 2.28. The van der Waals surface area contributed by atoms with Crippen molar-refractivity contribution in [2.45, 2.75) is 6.42 Å². The second-order valence-corrected chi connectivity index (χ2v) is 4.85. The number of Topliss-reactive ketones (excluding diaryl/α,β-unsaturated/α-hetero) is 1. The van der Waals surface area contributed by atoms with E-state index in [2.05, 4.69) is 0 Å². The van der Waals surface area contributed by atoms with Gasteiger partial charge in [0.05, 0.1) is 5.69 Å². The molecule has 19 heavy (non-hydrogen) atoms. The molecule has 0 amide bonds. The van der Waals surface area contributed by atoms with Crippen molar-refractivity contribution in [3.8, 4) is 0 Å². The Kier molecular flexibility index (Phi) is 4.08. The largest absolute Gasteiger partial charge is 0.396 e. The quantitative estimate of drug-likeness (QED) is 0.683. The second kappa shape index (κ2) is 5.59. The van der Waals surface area contributed by atoms with E-state index in [9.17, 15) is 9.18 Å².